The van der Waals surface area contributed by atoms with E-state index in [4.69, 9.17) is 4.74 Å². The highest BCUT2D eigenvalue weighted by Crippen LogP contribution is 2.42. The molecule has 2 aliphatic carbocycles. The molecular weight excluding hydrogens is 354 g/mol. The second-order valence-electron chi connectivity index (χ2n) is 9.29. The van der Waals surface area contributed by atoms with E-state index in [0.29, 0.717) is 12.0 Å². The Balaban J connectivity index is 1.34. The van der Waals surface area contributed by atoms with Gasteiger partial charge in [-0.2, -0.15) is 8.78 Å². The van der Waals surface area contributed by atoms with Gasteiger partial charge in [0, 0.05) is 5.92 Å². The van der Waals surface area contributed by atoms with Crippen molar-refractivity contribution in [2.75, 3.05) is 6.61 Å². The summed E-state index contributed by atoms with van der Waals surface area (Å²) in [6.45, 7) is 2.95. The van der Waals surface area contributed by atoms with Crippen LogP contribution in [0.25, 0.3) is 0 Å². The maximum atomic E-state index is 12.4. The molecule has 1 heterocycles. The standard InChI is InChI=1S/C25H38F2O/c1-2-3-4-24-16-11-21(18-28-24)6-5-19-7-12-22(13-8-19)23-14-9-20(10-15-23)17-25(26)27/h2-3,5-6,17,19-24H,4,7-16,18H2,1H3/b3-2-,6-5+. The van der Waals surface area contributed by atoms with Gasteiger partial charge in [-0.15, -0.1) is 0 Å². The number of rotatable bonds is 6. The molecule has 28 heavy (non-hydrogen) atoms. The molecule has 3 heteroatoms. The topological polar surface area (TPSA) is 9.23 Å². The number of hydrogen-bond donors (Lipinski definition) is 0. The molecule has 0 aromatic heterocycles. The second-order valence-corrected chi connectivity index (χ2v) is 9.29. The Morgan fingerprint density at radius 2 is 1.36 bits per heavy atom. The van der Waals surface area contributed by atoms with Gasteiger partial charge in [0.1, 0.15) is 0 Å². The van der Waals surface area contributed by atoms with E-state index >= 15 is 0 Å². The number of allylic oxidation sites excluding steroid dienone is 3. The Labute approximate surface area is 170 Å². The van der Waals surface area contributed by atoms with E-state index in [1.165, 1.54) is 44.6 Å². The fourth-order valence-corrected chi connectivity index (χ4v) is 5.54. The molecule has 0 bridgehead atoms. The van der Waals surface area contributed by atoms with E-state index in [-0.39, 0.29) is 5.92 Å². The molecule has 3 aliphatic rings. The molecule has 1 nitrogen and oxygen atoms in total. The van der Waals surface area contributed by atoms with Crippen molar-refractivity contribution in [3.8, 4) is 0 Å². The summed E-state index contributed by atoms with van der Waals surface area (Å²) in [5.74, 6) is 3.06. The molecule has 3 fully saturated rings. The smallest absolute Gasteiger partial charge is 0.266 e. The van der Waals surface area contributed by atoms with Crippen LogP contribution in [0.1, 0.15) is 77.6 Å². The van der Waals surface area contributed by atoms with Gasteiger partial charge in [0.05, 0.1) is 12.7 Å². The lowest BCUT2D eigenvalue weighted by molar-refractivity contribution is -0.00175. The molecule has 0 aromatic carbocycles. The number of halogens is 2. The van der Waals surface area contributed by atoms with E-state index in [1.54, 1.807) is 0 Å². The van der Waals surface area contributed by atoms with Gasteiger partial charge in [0.25, 0.3) is 6.08 Å². The predicted octanol–water partition coefficient (Wildman–Crippen LogP) is 7.70. The summed E-state index contributed by atoms with van der Waals surface area (Å²) in [5, 5.41) is 0. The third kappa shape index (κ3) is 6.83. The summed E-state index contributed by atoms with van der Waals surface area (Å²) >= 11 is 0. The van der Waals surface area contributed by atoms with Crippen molar-refractivity contribution < 1.29 is 13.5 Å². The Bertz CT molecular complexity index is 525. The zero-order valence-electron chi connectivity index (χ0n) is 17.5. The Morgan fingerprint density at radius 1 is 0.786 bits per heavy atom. The van der Waals surface area contributed by atoms with Gasteiger partial charge >= 0.3 is 0 Å². The first-order valence-electron chi connectivity index (χ1n) is 11.6. The fraction of sp³-hybridized carbons (Fsp3) is 0.760. The minimum Gasteiger partial charge on any atom is -0.377 e. The highest BCUT2D eigenvalue weighted by atomic mass is 19.3. The van der Waals surface area contributed by atoms with Crippen LogP contribution < -0.4 is 0 Å². The average Bonchev–Trinajstić information content (AvgIpc) is 2.72. The van der Waals surface area contributed by atoms with E-state index in [9.17, 15) is 8.78 Å². The molecule has 0 aromatic rings. The molecular formula is C25H38F2O. The maximum Gasteiger partial charge on any atom is 0.266 e. The Morgan fingerprint density at radius 3 is 1.89 bits per heavy atom. The van der Waals surface area contributed by atoms with Crippen molar-refractivity contribution in [3.05, 3.63) is 36.5 Å². The highest BCUT2D eigenvalue weighted by Gasteiger charge is 2.30. The molecule has 1 aliphatic heterocycles. The molecule has 0 radical (unpaired) electrons. The van der Waals surface area contributed by atoms with Gasteiger partial charge in [0.15, 0.2) is 0 Å². The highest BCUT2D eigenvalue weighted by molar-refractivity contribution is 4.98. The van der Waals surface area contributed by atoms with Crippen molar-refractivity contribution in [2.45, 2.75) is 83.7 Å². The van der Waals surface area contributed by atoms with Gasteiger partial charge in [-0.05, 0) is 107 Å². The molecule has 0 spiro atoms. The molecule has 2 atom stereocenters. The SMILES string of the molecule is C/C=C\CC1CCC(/C=C/C2CCC(C3CCC(C=C(F)F)CC3)CC2)CO1. The zero-order valence-corrected chi connectivity index (χ0v) is 17.5. The van der Waals surface area contributed by atoms with Crippen LogP contribution in [0.2, 0.25) is 0 Å². The van der Waals surface area contributed by atoms with Crippen LogP contribution in [0.3, 0.4) is 0 Å². The van der Waals surface area contributed by atoms with Gasteiger partial charge in [0.2, 0.25) is 0 Å². The lowest BCUT2D eigenvalue weighted by Crippen LogP contribution is -2.26. The van der Waals surface area contributed by atoms with E-state index < -0.39 is 6.08 Å². The van der Waals surface area contributed by atoms with Gasteiger partial charge in [-0.1, -0.05) is 24.3 Å². The van der Waals surface area contributed by atoms with Crippen molar-refractivity contribution in [1.29, 1.82) is 0 Å². The second kappa shape index (κ2) is 11.3. The third-order valence-corrected chi connectivity index (χ3v) is 7.36. The van der Waals surface area contributed by atoms with Crippen LogP contribution in [0.15, 0.2) is 36.5 Å². The maximum absolute atomic E-state index is 12.4. The molecule has 1 saturated heterocycles. The van der Waals surface area contributed by atoms with Crippen LogP contribution in [0.5, 0.6) is 0 Å². The van der Waals surface area contributed by atoms with Crippen molar-refractivity contribution in [2.24, 2.45) is 29.6 Å². The lowest BCUT2D eigenvalue weighted by Gasteiger charge is -2.37. The first-order valence-corrected chi connectivity index (χ1v) is 11.6. The van der Waals surface area contributed by atoms with Crippen molar-refractivity contribution in [1.82, 2.24) is 0 Å². The van der Waals surface area contributed by atoms with Crippen LogP contribution in [-0.4, -0.2) is 12.7 Å². The van der Waals surface area contributed by atoms with Crippen LogP contribution in [0.4, 0.5) is 8.78 Å². The fourth-order valence-electron chi connectivity index (χ4n) is 5.54. The van der Waals surface area contributed by atoms with Crippen LogP contribution in [-0.2, 0) is 4.74 Å². The van der Waals surface area contributed by atoms with Gasteiger partial charge < -0.3 is 4.74 Å². The lowest BCUT2D eigenvalue weighted by atomic mass is 9.69. The zero-order chi connectivity index (χ0) is 19.8. The first kappa shape index (κ1) is 21.7. The van der Waals surface area contributed by atoms with Gasteiger partial charge in [-0.25, -0.2) is 0 Å². The summed E-state index contributed by atoms with van der Waals surface area (Å²) in [5.41, 5.74) is 0. The summed E-state index contributed by atoms with van der Waals surface area (Å²) in [6, 6.07) is 0. The molecule has 0 N–H and O–H groups in total. The quantitative estimate of drug-likeness (QED) is 0.421. The summed E-state index contributed by atoms with van der Waals surface area (Å²) < 4.78 is 30.9. The number of ether oxygens (including phenoxy) is 1. The normalized spacial score (nSPS) is 37.4. The van der Waals surface area contributed by atoms with E-state index in [2.05, 4.69) is 31.2 Å². The molecule has 2 unspecified atom stereocenters. The number of hydrogen-bond acceptors (Lipinski definition) is 1. The van der Waals surface area contributed by atoms with E-state index in [0.717, 1.165) is 56.5 Å². The molecule has 2 saturated carbocycles. The predicted molar refractivity (Wildman–Crippen MR) is 112 cm³/mol. The van der Waals surface area contributed by atoms with E-state index in [1.807, 2.05) is 0 Å². The molecule has 0 amide bonds. The summed E-state index contributed by atoms with van der Waals surface area (Å²) in [4.78, 5) is 0. The minimum absolute atomic E-state index is 0.121. The average molecular weight is 393 g/mol. The summed E-state index contributed by atoms with van der Waals surface area (Å²) in [6.07, 6.45) is 22.3. The molecule has 3 rings (SSSR count). The largest absolute Gasteiger partial charge is 0.377 e. The third-order valence-electron chi connectivity index (χ3n) is 7.36. The molecule has 158 valence electrons. The van der Waals surface area contributed by atoms with Gasteiger partial charge in [-0.3, -0.25) is 0 Å². The van der Waals surface area contributed by atoms with Crippen LogP contribution >= 0.6 is 0 Å². The Hall–Kier alpha value is -0.960. The monoisotopic (exact) mass is 392 g/mol. The summed E-state index contributed by atoms with van der Waals surface area (Å²) in [7, 11) is 0. The van der Waals surface area contributed by atoms with Crippen LogP contribution in [0, 0.1) is 29.6 Å². The van der Waals surface area contributed by atoms with Crippen molar-refractivity contribution in [3.63, 3.8) is 0 Å². The Kier molecular flexibility index (Phi) is 8.76. The van der Waals surface area contributed by atoms with Crippen molar-refractivity contribution >= 4 is 0 Å². The first-order chi connectivity index (χ1) is 13.6. The minimum atomic E-state index is -1.49.